The minimum atomic E-state index is 0.523. The second kappa shape index (κ2) is 7.76. The number of anilines is 2. The van der Waals surface area contributed by atoms with E-state index in [0.29, 0.717) is 11.2 Å². The summed E-state index contributed by atoms with van der Waals surface area (Å²) in [5, 5.41) is 8.64. The molecule has 6 heteroatoms. The summed E-state index contributed by atoms with van der Waals surface area (Å²) in [5.41, 5.74) is 3.26. The Hall–Kier alpha value is -1.92. The largest absolute Gasteiger partial charge is 0.378 e. The van der Waals surface area contributed by atoms with Gasteiger partial charge in [0.1, 0.15) is 5.82 Å². The van der Waals surface area contributed by atoms with E-state index in [0.717, 1.165) is 48.7 Å². The average molecular weight is 371 g/mol. The van der Waals surface area contributed by atoms with Crippen LogP contribution < -0.4 is 15.5 Å². The van der Waals surface area contributed by atoms with E-state index < -0.39 is 0 Å². The summed E-state index contributed by atoms with van der Waals surface area (Å²) in [7, 11) is 0. The van der Waals surface area contributed by atoms with E-state index in [1.165, 1.54) is 31.2 Å². The Labute approximate surface area is 160 Å². The Morgan fingerprint density at radius 2 is 1.96 bits per heavy atom. The van der Waals surface area contributed by atoms with E-state index in [4.69, 9.17) is 21.9 Å². The molecular formula is C20H26N4OS. The van der Waals surface area contributed by atoms with Gasteiger partial charge in [0.25, 0.3) is 0 Å². The van der Waals surface area contributed by atoms with E-state index in [1.54, 1.807) is 0 Å². The van der Waals surface area contributed by atoms with Crippen molar-refractivity contribution in [3.8, 4) is 0 Å². The zero-order valence-electron chi connectivity index (χ0n) is 15.3. The van der Waals surface area contributed by atoms with Crippen LogP contribution in [0.3, 0.4) is 0 Å². The Bertz CT molecular complexity index is 798. The Morgan fingerprint density at radius 3 is 2.73 bits per heavy atom. The average Bonchev–Trinajstić information content (AvgIpc) is 3.15. The molecule has 2 N–H and O–H groups in total. The molecule has 0 radical (unpaired) electrons. The number of fused-ring (bicyclic) bond motifs is 1. The van der Waals surface area contributed by atoms with Gasteiger partial charge in [0.05, 0.1) is 18.7 Å². The van der Waals surface area contributed by atoms with Crippen LogP contribution in [0.1, 0.15) is 31.2 Å². The first kappa shape index (κ1) is 17.5. The lowest BCUT2D eigenvalue weighted by atomic mass is 10.1. The summed E-state index contributed by atoms with van der Waals surface area (Å²) in [4.78, 5) is 7.15. The first-order valence-electron chi connectivity index (χ1n) is 9.51. The van der Waals surface area contributed by atoms with Crippen molar-refractivity contribution in [1.29, 1.82) is 0 Å². The van der Waals surface area contributed by atoms with Crippen LogP contribution in [0.2, 0.25) is 0 Å². The van der Waals surface area contributed by atoms with Gasteiger partial charge in [-0.3, -0.25) is 0 Å². The van der Waals surface area contributed by atoms with Crippen LogP contribution in [0, 0.1) is 6.92 Å². The smallest absolute Gasteiger partial charge is 0.170 e. The topological polar surface area (TPSA) is 49.4 Å². The van der Waals surface area contributed by atoms with Gasteiger partial charge < -0.3 is 20.3 Å². The summed E-state index contributed by atoms with van der Waals surface area (Å²) in [6, 6.07) is 8.97. The van der Waals surface area contributed by atoms with Crippen LogP contribution in [-0.4, -0.2) is 42.4 Å². The second-order valence-corrected chi connectivity index (χ2v) is 7.62. The normalized spacial score (nSPS) is 18.3. The van der Waals surface area contributed by atoms with E-state index in [2.05, 4.69) is 46.7 Å². The fourth-order valence-electron chi connectivity index (χ4n) is 3.83. The number of morpholine rings is 1. The number of hydrogen-bond acceptors (Lipinski definition) is 4. The maximum Gasteiger partial charge on any atom is 0.170 e. The third kappa shape index (κ3) is 3.91. The molecule has 138 valence electrons. The Balaban J connectivity index is 1.51. The van der Waals surface area contributed by atoms with Gasteiger partial charge in [-0.25, -0.2) is 4.98 Å². The maximum absolute atomic E-state index is 5.48. The van der Waals surface area contributed by atoms with Crippen molar-refractivity contribution in [2.75, 3.05) is 36.5 Å². The molecule has 0 unspecified atom stereocenters. The van der Waals surface area contributed by atoms with Gasteiger partial charge in [-0.1, -0.05) is 12.8 Å². The van der Waals surface area contributed by atoms with Crippen LogP contribution in [0.5, 0.6) is 0 Å². The summed E-state index contributed by atoms with van der Waals surface area (Å²) in [5.74, 6) is 1.04. The highest BCUT2D eigenvalue weighted by molar-refractivity contribution is 7.80. The number of aromatic nitrogens is 1. The predicted octanol–water partition coefficient (Wildman–Crippen LogP) is 3.61. The lowest BCUT2D eigenvalue weighted by molar-refractivity contribution is 0.122. The van der Waals surface area contributed by atoms with Gasteiger partial charge >= 0.3 is 0 Å². The lowest BCUT2D eigenvalue weighted by Crippen LogP contribution is -2.36. The third-order valence-corrected chi connectivity index (χ3v) is 5.51. The monoisotopic (exact) mass is 370 g/mol. The third-order valence-electron chi connectivity index (χ3n) is 5.29. The molecule has 1 aliphatic carbocycles. The molecule has 1 saturated carbocycles. The van der Waals surface area contributed by atoms with Crippen molar-refractivity contribution < 1.29 is 4.74 Å². The number of aryl methyl sites for hydroxylation is 1. The molecule has 0 spiro atoms. The second-order valence-electron chi connectivity index (χ2n) is 7.21. The van der Waals surface area contributed by atoms with Crippen molar-refractivity contribution in [2.45, 2.75) is 38.6 Å². The van der Waals surface area contributed by atoms with Crippen LogP contribution in [0.25, 0.3) is 10.9 Å². The standard InChI is InChI=1S/C20H26N4OS/c1-14-12-19(24-8-10-25-11-9-24)23-18-7-6-16(13-17(14)18)22-20(26)21-15-4-2-3-5-15/h6-7,12-13,15H,2-5,8-11H2,1H3,(H2,21,22,26). The molecule has 0 bridgehead atoms. The quantitative estimate of drug-likeness (QED) is 0.805. The number of hydrogen-bond donors (Lipinski definition) is 2. The summed E-state index contributed by atoms with van der Waals surface area (Å²) in [6.45, 7) is 5.49. The Kier molecular flexibility index (Phi) is 5.22. The van der Waals surface area contributed by atoms with Crippen molar-refractivity contribution in [2.24, 2.45) is 0 Å². The van der Waals surface area contributed by atoms with Crippen LogP contribution in [-0.2, 0) is 4.74 Å². The molecule has 0 amide bonds. The molecule has 2 heterocycles. The molecule has 2 aromatic rings. The molecule has 26 heavy (non-hydrogen) atoms. The highest BCUT2D eigenvalue weighted by Crippen LogP contribution is 2.26. The fraction of sp³-hybridized carbons (Fsp3) is 0.500. The van der Waals surface area contributed by atoms with E-state index in [9.17, 15) is 0 Å². The Morgan fingerprint density at radius 1 is 1.19 bits per heavy atom. The highest BCUT2D eigenvalue weighted by Gasteiger charge is 2.16. The van der Waals surface area contributed by atoms with Crippen LogP contribution in [0.4, 0.5) is 11.5 Å². The zero-order valence-corrected chi connectivity index (χ0v) is 16.1. The summed E-state index contributed by atoms with van der Waals surface area (Å²) >= 11 is 5.48. The zero-order chi connectivity index (χ0) is 17.9. The molecule has 4 rings (SSSR count). The molecule has 1 aromatic carbocycles. The number of nitrogens with one attached hydrogen (secondary N) is 2. The highest BCUT2D eigenvalue weighted by atomic mass is 32.1. The molecule has 1 aromatic heterocycles. The number of ether oxygens (including phenoxy) is 1. The van der Waals surface area contributed by atoms with E-state index >= 15 is 0 Å². The minimum absolute atomic E-state index is 0.523. The van der Waals surface area contributed by atoms with Gasteiger partial charge in [-0.05, 0) is 61.8 Å². The van der Waals surface area contributed by atoms with Gasteiger partial charge in [-0.15, -0.1) is 0 Å². The molecule has 1 aliphatic heterocycles. The van der Waals surface area contributed by atoms with Crippen molar-refractivity contribution >= 4 is 39.7 Å². The van der Waals surface area contributed by atoms with Crippen LogP contribution in [0.15, 0.2) is 24.3 Å². The number of benzene rings is 1. The summed E-state index contributed by atoms with van der Waals surface area (Å²) in [6.07, 6.45) is 5.03. The first-order chi connectivity index (χ1) is 12.7. The van der Waals surface area contributed by atoms with E-state index in [-0.39, 0.29) is 0 Å². The number of thiocarbonyl (C=S) groups is 1. The number of rotatable bonds is 3. The number of pyridine rings is 1. The lowest BCUT2D eigenvalue weighted by Gasteiger charge is -2.28. The minimum Gasteiger partial charge on any atom is -0.378 e. The van der Waals surface area contributed by atoms with Gasteiger partial charge in [-0.2, -0.15) is 0 Å². The first-order valence-corrected chi connectivity index (χ1v) is 9.91. The summed E-state index contributed by atoms with van der Waals surface area (Å²) < 4.78 is 5.44. The number of nitrogens with zero attached hydrogens (tertiary/aromatic N) is 2. The van der Waals surface area contributed by atoms with Crippen molar-refractivity contribution in [1.82, 2.24) is 10.3 Å². The molecular weight excluding hydrogens is 344 g/mol. The van der Waals surface area contributed by atoms with Crippen molar-refractivity contribution in [3.05, 3.63) is 29.8 Å². The predicted molar refractivity (Wildman–Crippen MR) is 111 cm³/mol. The molecule has 2 aliphatic rings. The van der Waals surface area contributed by atoms with Gasteiger partial charge in [0.2, 0.25) is 0 Å². The molecule has 0 atom stereocenters. The molecule has 1 saturated heterocycles. The van der Waals surface area contributed by atoms with Crippen molar-refractivity contribution in [3.63, 3.8) is 0 Å². The molecule has 5 nitrogen and oxygen atoms in total. The van der Waals surface area contributed by atoms with E-state index in [1.807, 2.05) is 0 Å². The van der Waals surface area contributed by atoms with Gasteiger partial charge in [0, 0.05) is 30.2 Å². The molecule has 2 fully saturated rings. The maximum atomic E-state index is 5.48. The SMILES string of the molecule is Cc1cc(N2CCOCC2)nc2ccc(NC(=S)NC3CCCC3)cc12. The van der Waals surface area contributed by atoms with Crippen LogP contribution >= 0.6 is 12.2 Å². The van der Waals surface area contributed by atoms with Gasteiger partial charge in [0.15, 0.2) is 5.11 Å². The fourth-order valence-corrected chi connectivity index (χ4v) is 4.12.